The van der Waals surface area contributed by atoms with Gasteiger partial charge in [0.2, 0.25) is 0 Å². The van der Waals surface area contributed by atoms with Crippen molar-refractivity contribution in [3.8, 4) is 0 Å². The zero-order valence-electron chi connectivity index (χ0n) is 6.04. The third-order valence-electron chi connectivity index (χ3n) is 0.926. The minimum absolute atomic E-state index is 0.00669. The molecular weight excluding hydrogens is 213 g/mol. The fourth-order valence-corrected chi connectivity index (χ4v) is 0.754. The first-order chi connectivity index (χ1) is 5.23. The summed E-state index contributed by atoms with van der Waals surface area (Å²) in [6, 6.07) is 0. The summed E-state index contributed by atoms with van der Waals surface area (Å²) in [5.74, 6) is -1.60. The Bertz CT molecular complexity index is 275. The Labute approximate surface area is 73.6 Å². The predicted molar refractivity (Wildman–Crippen MR) is 39.9 cm³/mol. The summed E-state index contributed by atoms with van der Waals surface area (Å²) < 4.78 is 37.4. The highest BCUT2D eigenvalue weighted by atomic mass is 35.5. The van der Waals surface area contributed by atoms with Gasteiger partial charge >= 0.3 is 14.6 Å². The quantitative estimate of drug-likeness (QED) is 0.512. The molecule has 0 heterocycles. The van der Waals surface area contributed by atoms with Crippen molar-refractivity contribution in [3.05, 3.63) is 0 Å². The molecule has 0 rings (SSSR count). The maximum absolute atomic E-state index is 12.7. The summed E-state index contributed by atoms with van der Waals surface area (Å²) in [5, 5.41) is 1.81. The third-order valence-corrected chi connectivity index (χ3v) is 2.52. The average molecular weight is 220 g/mol. The first kappa shape index (κ1) is 11.6. The van der Waals surface area contributed by atoms with E-state index in [2.05, 4.69) is 11.6 Å². The van der Waals surface area contributed by atoms with Crippen LogP contribution in [0.4, 0.5) is 4.39 Å². The van der Waals surface area contributed by atoms with Crippen molar-refractivity contribution < 1.29 is 22.2 Å². The number of halogens is 2. The van der Waals surface area contributed by atoms with Crippen LogP contribution in [0.1, 0.15) is 6.92 Å². The van der Waals surface area contributed by atoms with Gasteiger partial charge in [0.25, 0.3) is 5.91 Å². The largest absolute Gasteiger partial charge is 0.384 e. The molecule has 0 aromatic rings. The van der Waals surface area contributed by atoms with Crippen molar-refractivity contribution in [1.82, 2.24) is 5.32 Å². The van der Waals surface area contributed by atoms with Gasteiger partial charge in [0, 0.05) is 6.54 Å². The van der Waals surface area contributed by atoms with E-state index in [-0.39, 0.29) is 6.54 Å². The van der Waals surface area contributed by atoms with E-state index in [0.29, 0.717) is 0 Å². The Morgan fingerprint density at radius 2 is 2.17 bits per heavy atom. The van der Waals surface area contributed by atoms with Crippen molar-refractivity contribution >= 4 is 27.6 Å². The number of rotatable bonds is 3. The fourth-order valence-electron chi connectivity index (χ4n) is 0.381. The first-order valence-corrected chi connectivity index (χ1v) is 4.68. The predicted octanol–water partition coefficient (Wildman–Crippen LogP) is -0.128. The molecule has 0 bridgehead atoms. The molecule has 5 nitrogen and oxygen atoms in total. The van der Waals surface area contributed by atoms with Crippen molar-refractivity contribution in [3.63, 3.8) is 0 Å². The van der Waals surface area contributed by atoms with Gasteiger partial charge in [0.15, 0.2) is 0 Å². The van der Waals surface area contributed by atoms with Crippen LogP contribution in [0.25, 0.3) is 0 Å². The van der Waals surface area contributed by atoms with Crippen LogP contribution in [0.15, 0.2) is 0 Å². The van der Waals surface area contributed by atoms with Crippen LogP contribution in [0.5, 0.6) is 0 Å². The summed E-state index contributed by atoms with van der Waals surface area (Å²) in [6.07, 6.45) is 0. The van der Waals surface area contributed by atoms with Crippen molar-refractivity contribution in [2.75, 3.05) is 6.54 Å². The Morgan fingerprint density at radius 3 is 2.42 bits per heavy atom. The highest BCUT2D eigenvalue weighted by Crippen LogP contribution is 2.23. The Balaban J connectivity index is 4.75. The fraction of sp³-hybridized carbons (Fsp3) is 0.750. The lowest BCUT2D eigenvalue weighted by atomic mass is 10.6. The van der Waals surface area contributed by atoms with Gasteiger partial charge in [-0.05, 0) is 6.92 Å². The van der Waals surface area contributed by atoms with Gasteiger partial charge in [-0.1, -0.05) is 11.6 Å². The molecule has 0 aliphatic rings. The maximum atomic E-state index is 12.7. The van der Waals surface area contributed by atoms with Crippen LogP contribution >= 0.6 is 11.6 Å². The number of carbonyl (C=O) groups excluding carboxylic acids is 1. The zero-order chi connectivity index (χ0) is 9.99. The average Bonchev–Trinajstić information content (AvgIpc) is 1.85. The molecule has 0 aliphatic heterocycles. The van der Waals surface area contributed by atoms with E-state index in [0.717, 1.165) is 0 Å². The zero-order valence-corrected chi connectivity index (χ0v) is 7.62. The summed E-state index contributed by atoms with van der Waals surface area (Å²) in [6.45, 7) is 1.45. The molecule has 12 heavy (non-hydrogen) atoms. The molecule has 0 aromatic heterocycles. The van der Waals surface area contributed by atoms with Gasteiger partial charge in [0.05, 0.1) is 0 Å². The summed E-state index contributed by atoms with van der Waals surface area (Å²) in [5.41, 5.74) is 0. The van der Waals surface area contributed by atoms with Gasteiger partial charge in [-0.2, -0.15) is 12.8 Å². The number of nitrogens with one attached hydrogen (secondary N) is 1. The lowest BCUT2D eigenvalue weighted by Crippen LogP contribution is -2.44. The monoisotopic (exact) mass is 219 g/mol. The molecule has 0 spiro atoms. The lowest BCUT2D eigenvalue weighted by molar-refractivity contribution is -0.124. The van der Waals surface area contributed by atoms with E-state index in [1.807, 2.05) is 5.32 Å². The minimum Gasteiger partial charge on any atom is -0.351 e. The number of alkyl halides is 2. The van der Waals surface area contributed by atoms with Gasteiger partial charge < -0.3 is 5.32 Å². The molecule has 1 amide bonds. The second kappa shape index (κ2) is 3.55. The minimum atomic E-state index is -5.24. The number of hydrogen-bond donors (Lipinski definition) is 2. The van der Waals surface area contributed by atoms with Crippen LogP contribution in [-0.4, -0.2) is 29.9 Å². The molecule has 72 valence electrons. The molecule has 0 aromatic carbocycles. The molecule has 0 fully saturated rings. The first-order valence-electron chi connectivity index (χ1n) is 2.86. The number of carbonyl (C=O) groups is 1. The molecule has 0 saturated heterocycles. The van der Waals surface area contributed by atoms with Crippen LogP contribution in [-0.2, 0) is 14.9 Å². The van der Waals surface area contributed by atoms with E-state index < -0.39 is 20.5 Å². The van der Waals surface area contributed by atoms with Crippen LogP contribution in [0.3, 0.4) is 0 Å². The third kappa shape index (κ3) is 2.29. The van der Waals surface area contributed by atoms with Gasteiger partial charge in [-0.25, -0.2) is 0 Å². The molecule has 1 unspecified atom stereocenters. The SMILES string of the molecule is CCNC(=O)C(F)(Cl)S(=O)(=O)O. The van der Waals surface area contributed by atoms with Gasteiger partial charge in [0.1, 0.15) is 0 Å². The lowest BCUT2D eigenvalue weighted by Gasteiger charge is -2.12. The van der Waals surface area contributed by atoms with E-state index in [4.69, 9.17) is 4.55 Å². The molecule has 8 heteroatoms. The van der Waals surface area contributed by atoms with Crippen LogP contribution in [0.2, 0.25) is 0 Å². The number of hydrogen-bond acceptors (Lipinski definition) is 3. The van der Waals surface area contributed by atoms with Crippen molar-refractivity contribution in [1.29, 1.82) is 0 Å². The Morgan fingerprint density at radius 1 is 1.75 bits per heavy atom. The van der Waals surface area contributed by atoms with Crippen molar-refractivity contribution in [2.24, 2.45) is 0 Å². The Kier molecular flexibility index (Phi) is 3.43. The van der Waals surface area contributed by atoms with Gasteiger partial charge in [-0.3, -0.25) is 9.35 Å². The van der Waals surface area contributed by atoms with Gasteiger partial charge in [-0.15, -0.1) is 0 Å². The van der Waals surface area contributed by atoms with E-state index in [9.17, 15) is 17.6 Å². The van der Waals surface area contributed by atoms with E-state index >= 15 is 0 Å². The molecule has 0 radical (unpaired) electrons. The highest BCUT2D eigenvalue weighted by Gasteiger charge is 2.49. The highest BCUT2D eigenvalue weighted by molar-refractivity contribution is 7.89. The molecule has 1 atom stereocenters. The van der Waals surface area contributed by atoms with E-state index in [1.165, 1.54) is 6.92 Å². The normalized spacial score (nSPS) is 16.7. The molecule has 2 N–H and O–H groups in total. The standard InChI is InChI=1S/C4H7ClFNO4S/c1-2-7-3(8)4(5,6)12(9,10)11/h2H2,1H3,(H,7,8)(H,9,10,11). The summed E-state index contributed by atoms with van der Waals surface area (Å²) in [4.78, 5) is 10.6. The maximum Gasteiger partial charge on any atom is 0.384 e. The van der Waals surface area contributed by atoms with Crippen LogP contribution in [0, 0.1) is 0 Å². The van der Waals surface area contributed by atoms with Crippen molar-refractivity contribution in [2.45, 2.75) is 11.4 Å². The van der Waals surface area contributed by atoms with Crippen LogP contribution < -0.4 is 5.32 Å². The Hall–Kier alpha value is -0.400. The molecule has 0 saturated carbocycles. The molecule has 0 aliphatic carbocycles. The second-order valence-corrected chi connectivity index (χ2v) is 4.11. The second-order valence-electron chi connectivity index (χ2n) is 1.85. The molecular formula is C4H7ClFNO4S. The number of amides is 1. The summed E-state index contributed by atoms with van der Waals surface area (Å²) >= 11 is 4.62. The van der Waals surface area contributed by atoms with E-state index in [1.54, 1.807) is 0 Å². The summed E-state index contributed by atoms with van der Waals surface area (Å²) in [7, 11) is -5.24. The smallest absolute Gasteiger partial charge is 0.351 e. The topological polar surface area (TPSA) is 83.5 Å².